The maximum atomic E-state index is 14.3. The number of likely N-dealkylation sites (tertiary alicyclic amines) is 2. The van der Waals surface area contributed by atoms with Crippen LogP contribution in [-0.4, -0.2) is 85.7 Å². The molecule has 1 aliphatic carbocycles. The second-order valence-electron chi connectivity index (χ2n) is 11.8. The van der Waals surface area contributed by atoms with Crippen LogP contribution in [0.1, 0.15) is 56.6 Å². The van der Waals surface area contributed by atoms with E-state index in [4.69, 9.17) is 21.1 Å². The van der Waals surface area contributed by atoms with E-state index in [1.54, 1.807) is 4.90 Å². The number of ether oxygens (including phenoxy) is 2. The van der Waals surface area contributed by atoms with Crippen LogP contribution in [0.5, 0.6) is 0 Å². The SMILES string of the molecule is O=C(OC1([C@H]2COC[C@@H](c3cc(F)cc(F)c3)N2S(=O)(=O)c2ccc(Cl)cc2)CC1)N1CCC(N2CCCCC2)CC1. The van der Waals surface area contributed by atoms with Crippen LogP contribution >= 0.6 is 11.6 Å². The predicted octanol–water partition coefficient (Wildman–Crippen LogP) is 5.37. The second kappa shape index (κ2) is 12.0. The summed E-state index contributed by atoms with van der Waals surface area (Å²) in [5, 5.41) is 0.368. The highest BCUT2D eigenvalue weighted by Gasteiger charge is 2.61. The molecule has 2 aromatic carbocycles. The van der Waals surface area contributed by atoms with Crippen molar-refractivity contribution in [1.82, 2.24) is 14.1 Å². The fourth-order valence-corrected chi connectivity index (χ4v) is 8.63. The Labute approximate surface area is 250 Å². The molecule has 3 heterocycles. The molecule has 1 saturated carbocycles. The van der Waals surface area contributed by atoms with Crippen LogP contribution in [0.3, 0.4) is 0 Å². The smallest absolute Gasteiger partial charge is 0.410 e. The molecule has 4 aliphatic rings. The molecule has 3 saturated heterocycles. The number of morpholine rings is 1. The van der Waals surface area contributed by atoms with E-state index in [-0.39, 0.29) is 23.7 Å². The number of carbonyl (C=O) groups is 1. The monoisotopic (exact) mass is 623 g/mol. The van der Waals surface area contributed by atoms with Crippen molar-refractivity contribution in [1.29, 1.82) is 0 Å². The van der Waals surface area contributed by atoms with Crippen LogP contribution in [0.2, 0.25) is 5.02 Å². The van der Waals surface area contributed by atoms with E-state index in [0.29, 0.717) is 37.0 Å². The maximum absolute atomic E-state index is 14.3. The van der Waals surface area contributed by atoms with Crippen LogP contribution in [0, 0.1) is 11.6 Å². The Morgan fingerprint density at radius 3 is 2.19 bits per heavy atom. The lowest BCUT2D eigenvalue weighted by Gasteiger charge is -2.45. The highest BCUT2D eigenvalue weighted by molar-refractivity contribution is 7.89. The topological polar surface area (TPSA) is 79.4 Å². The Hall–Kier alpha value is -2.31. The van der Waals surface area contributed by atoms with Gasteiger partial charge in [-0.3, -0.25) is 0 Å². The van der Waals surface area contributed by atoms with Gasteiger partial charge in [0.15, 0.2) is 0 Å². The van der Waals surface area contributed by atoms with Gasteiger partial charge < -0.3 is 19.3 Å². The van der Waals surface area contributed by atoms with Crippen LogP contribution < -0.4 is 0 Å². The fourth-order valence-electron chi connectivity index (χ4n) is 6.68. The zero-order valence-electron chi connectivity index (χ0n) is 23.4. The first-order valence-corrected chi connectivity index (χ1v) is 16.5. The van der Waals surface area contributed by atoms with Crippen molar-refractivity contribution in [3.63, 3.8) is 0 Å². The van der Waals surface area contributed by atoms with Crippen molar-refractivity contribution >= 4 is 27.7 Å². The Morgan fingerprint density at radius 1 is 0.929 bits per heavy atom. The molecule has 2 atom stereocenters. The molecule has 12 heteroatoms. The van der Waals surface area contributed by atoms with E-state index < -0.39 is 45.4 Å². The normalized spacial score (nSPS) is 25.7. The average molecular weight is 624 g/mol. The second-order valence-corrected chi connectivity index (χ2v) is 14.1. The summed E-state index contributed by atoms with van der Waals surface area (Å²) >= 11 is 6.03. The molecule has 0 N–H and O–H groups in total. The molecule has 8 nitrogen and oxygen atoms in total. The number of hydrogen-bond acceptors (Lipinski definition) is 6. The van der Waals surface area contributed by atoms with Crippen LogP contribution in [-0.2, 0) is 19.5 Å². The van der Waals surface area contributed by atoms with E-state index in [2.05, 4.69) is 4.90 Å². The molecular formula is C30H36ClF2N3O5S. The summed E-state index contributed by atoms with van der Waals surface area (Å²) in [6.07, 6.45) is 5.89. The zero-order valence-corrected chi connectivity index (χ0v) is 25.0. The van der Waals surface area contributed by atoms with E-state index in [0.717, 1.165) is 44.1 Å². The molecule has 0 bridgehead atoms. The third kappa shape index (κ3) is 6.04. The molecule has 0 unspecified atom stereocenters. The molecule has 6 rings (SSSR count). The minimum Gasteiger partial charge on any atom is -0.441 e. The van der Waals surface area contributed by atoms with Crippen LogP contribution in [0.25, 0.3) is 0 Å². The van der Waals surface area contributed by atoms with Crippen molar-refractivity contribution in [2.45, 2.75) is 73.6 Å². The molecule has 42 heavy (non-hydrogen) atoms. The first-order chi connectivity index (χ1) is 20.2. The van der Waals surface area contributed by atoms with Gasteiger partial charge in [0, 0.05) is 30.2 Å². The quantitative estimate of drug-likeness (QED) is 0.431. The molecule has 0 radical (unpaired) electrons. The van der Waals surface area contributed by atoms with Gasteiger partial charge in [-0.15, -0.1) is 0 Å². The summed E-state index contributed by atoms with van der Waals surface area (Å²) in [6, 6.07) is 7.23. The summed E-state index contributed by atoms with van der Waals surface area (Å²) in [5.74, 6) is -1.65. The van der Waals surface area contributed by atoms with Gasteiger partial charge in [0.2, 0.25) is 10.0 Å². The number of hydrogen-bond donors (Lipinski definition) is 0. The van der Waals surface area contributed by atoms with Crippen molar-refractivity contribution in [2.24, 2.45) is 0 Å². The van der Waals surface area contributed by atoms with Gasteiger partial charge in [0.05, 0.1) is 30.2 Å². The highest BCUT2D eigenvalue weighted by Crippen LogP contribution is 2.50. The van der Waals surface area contributed by atoms with Crippen LogP contribution in [0.4, 0.5) is 13.6 Å². The highest BCUT2D eigenvalue weighted by atomic mass is 35.5. The van der Waals surface area contributed by atoms with Crippen molar-refractivity contribution in [2.75, 3.05) is 39.4 Å². The third-order valence-electron chi connectivity index (χ3n) is 9.09. The van der Waals surface area contributed by atoms with Crippen LogP contribution in [0.15, 0.2) is 47.4 Å². The van der Waals surface area contributed by atoms with E-state index in [9.17, 15) is 22.0 Å². The predicted molar refractivity (Wildman–Crippen MR) is 153 cm³/mol. The Kier molecular flexibility index (Phi) is 8.50. The summed E-state index contributed by atoms with van der Waals surface area (Å²) in [7, 11) is -4.24. The molecule has 0 aromatic heterocycles. The lowest BCUT2D eigenvalue weighted by molar-refractivity contribution is -0.0736. The first kappa shape index (κ1) is 29.7. The molecule has 3 aliphatic heterocycles. The van der Waals surface area contributed by atoms with Gasteiger partial charge in [-0.05, 0) is 93.6 Å². The van der Waals surface area contributed by atoms with Gasteiger partial charge in [0.25, 0.3) is 0 Å². The molecule has 228 valence electrons. The summed E-state index contributed by atoms with van der Waals surface area (Å²) in [4.78, 5) is 17.7. The molecule has 0 spiro atoms. The van der Waals surface area contributed by atoms with Crippen molar-refractivity contribution < 1.29 is 31.5 Å². The Bertz CT molecular complexity index is 1370. The first-order valence-electron chi connectivity index (χ1n) is 14.7. The van der Waals surface area contributed by atoms with Gasteiger partial charge in [-0.2, -0.15) is 4.31 Å². The third-order valence-corrected chi connectivity index (χ3v) is 11.3. The number of rotatable bonds is 6. The van der Waals surface area contributed by atoms with Crippen molar-refractivity contribution in [3.8, 4) is 0 Å². The standard InChI is InChI=1S/C30H36ClF2N3O5S/c31-22-4-6-26(7-5-22)42(38,39)36-27(21-16-23(32)18-24(33)17-21)19-40-20-28(36)30(10-11-30)41-29(37)35-14-8-25(9-15-35)34-12-2-1-3-13-34/h4-7,16-18,25,27-28H,1-3,8-15,19-20H2/t27-,28+/m0/s1. The summed E-state index contributed by atoms with van der Waals surface area (Å²) in [5.41, 5.74) is -0.984. The average Bonchev–Trinajstić information content (AvgIpc) is 3.77. The fraction of sp³-hybridized carbons (Fsp3) is 0.567. The lowest BCUT2D eigenvalue weighted by Crippen LogP contribution is -2.58. The zero-order chi connectivity index (χ0) is 29.5. The molecular weight excluding hydrogens is 588 g/mol. The number of amides is 1. The number of benzene rings is 2. The summed E-state index contributed by atoms with van der Waals surface area (Å²) in [6.45, 7) is 3.23. The number of piperidine rings is 2. The van der Waals surface area contributed by atoms with E-state index >= 15 is 0 Å². The minimum atomic E-state index is -4.24. The van der Waals surface area contributed by atoms with Gasteiger partial charge in [0.1, 0.15) is 17.2 Å². The molecule has 2 aromatic rings. The van der Waals surface area contributed by atoms with E-state index in [1.165, 1.54) is 47.8 Å². The number of carbonyl (C=O) groups excluding carboxylic acids is 1. The van der Waals surface area contributed by atoms with Gasteiger partial charge in [-0.25, -0.2) is 22.0 Å². The molecule has 4 fully saturated rings. The maximum Gasteiger partial charge on any atom is 0.410 e. The number of halogens is 3. The summed E-state index contributed by atoms with van der Waals surface area (Å²) < 4.78 is 70.2. The molecule has 1 amide bonds. The Balaban J connectivity index is 1.25. The van der Waals surface area contributed by atoms with Gasteiger partial charge in [-0.1, -0.05) is 18.0 Å². The minimum absolute atomic E-state index is 0.0224. The number of nitrogens with zero attached hydrogens (tertiary/aromatic N) is 3. The van der Waals surface area contributed by atoms with Gasteiger partial charge >= 0.3 is 6.09 Å². The largest absolute Gasteiger partial charge is 0.441 e. The number of sulfonamides is 1. The van der Waals surface area contributed by atoms with Crippen molar-refractivity contribution in [3.05, 3.63) is 64.7 Å². The Morgan fingerprint density at radius 2 is 1.57 bits per heavy atom. The lowest BCUT2D eigenvalue weighted by atomic mass is 10.00. The van der Waals surface area contributed by atoms with E-state index in [1.807, 2.05) is 0 Å².